The lowest BCUT2D eigenvalue weighted by molar-refractivity contribution is -0.291. The van der Waals surface area contributed by atoms with Crippen LogP contribution in [0.3, 0.4) is 0 Å². The average Bonchev–Trinajstić information content (AvgIpc) is 2.83. The zero-order valence-corrected chi connectivity index (χ0v) is 21.3. The molecule has 1 N–H and O–H groups in total. The van der Waals surface area contributed by atoms with E-state index in [0.717, 1.165) is 9.13 Å². The van der Waals surface area contributed by atoms with E-state index in [2.05, 4.69) is 29.2 Å². The molecular formula is C26H31IO7. The summed E-state index contributed by atoms with van der Waals surface area (Å²) in [6.45, 7) is 6.20. The molecule has 2 aromatic rings. The van der Waals surface area contributed by atoms with Crippen molar-refractivity contribution >= 4 is 28.6 Å². The molecule has 0 bridgehead atoms. The highest BCUT2D eigenvalue weighted by atomic mass is 127. The number of hydrogen-bond donors (Lipinski definition) is 1. The molecule has 0 saturated carbocycles. The van der Waals surface area contributed by atoms with E-state index in [1.165, 1.54) is 0 Å². The second kappa shape index (κ2) is 13.8. The van der Waals surface area contributed by atoms with E-state index in [1.807, 2.05) is 61.5 Å². The van der Waals surface area contributed by atoms with Crippen molar-refractivity contribution in [3.63, 3.8) is 0 Å². The van der Waals surface area contributed by atoms with Crippen molar-refractivity contribution in [1.82, 2.24) is 0 Å². The molecule has 1 aliphatic rings. The number of aliphatic hydroxyl groups is 1. The summed E-state index contributed by atoms with van der Waals surface area (Å²) in [5.41, 5.74) is 1.00. The highest BCUT2D eigenvalue weighted by Gasteiger charge is 2.49. The van der Waals surface area contributed by atoms with Gasteiger partial charge in [0, 0.05) is 9.99 Å². The van der Waals surface area contributed by atoms with E-state index >= 15 is 0 Å². The van der Waals surface area contributed by atoms with E-state index in [4.69, 9.17) is 23.7 Å². The highest BCUT2D eigenvalue weighted by molar-refractivity contribution is 14.1. The van der Waals surface area contributed by atoms with Crippen molar-refractivity contribution in [2.24, 2.45) is 0 Å². The van der Waals surface area contributed by atoms with Crippen molar-refractivity contribution in [3.05, 3.63) is 76.4 Å². The van der Waals surface area contributed by atoms with Crippen molar-refractivity contribution in [1.29, 1.82) is 0 Å². The molecule has 1 fully saturated rings. The van der Waals surface area contributed by atoms with Crippen LogP contribution in [0.4, 0.5) is 0 Å². The molecule has 0 spiro atoms. The summed E-state index contributed by atoms with van der Waals surface area (Å²) in [7, 11) is 0. The first-order valence-electron chi connectivity index (χ1n) is 11.3. The molecule has 8 heteroatoms. The van der Waals surface area contributed by atoms with Gasteiger partial charge in [-0.1, -0.05) is 43.3 Å². The number of halogens is 1. The van der Waals surface area contributed by atoms with Crippen LogP contribution < -0.4 is 4.74 Å². The molecule has 184 valence electrons. The van der Waals surface area contributed by atoms with E-state index in [-0.39, 0.29) is 19.6 Å². The van der Waals surface area contributed by atoms with Gasteiger partial charge in [-0.15, -0.1) is 6.58 Å². The molecule has 0 radical (unpaired) electrons. The zero-order chi connectivity index (χ0) is 24.3. The summed E-state index contributed by atoms with van der Waals surface area (Å²) < 4.78 is 30.6. The summed E-state index contributed by atoms with van der Waals surface area (Å²) in [6, 6.07) is 17.1. The molecule has 0 amide bonds. The summed E-state index contributed by atoms with van der Waals surface area (Å²) in [5, 5.41) is 11.1. The minimum Gasteiger partial charge on any atom is -0.461 e. The Morgan fingerprint density at radius 2 is 1.88 bits per heavy atom. The van der Waals surface area contributed by atoms with Crippen LogP contribution in [0.1, 0.15) is 25.3 Å². The Morgan fingerprint density at radius 1 is 1.15 bits per heavy atom. The van der Waals surface area contributed by atoms with Crippen LogP contribution in [0.2, 0.25) is 0 Å². The topological polar surface area (TPSA) is 83.5 Å². The maximum absolute atomic E-state index is 12.4. The van der Waals surface area contributed by atoms with Gasteiger partial charge in [-0.25, -0.2) is 0 Å². The summed E-state index contributed by atoms with van der Waals surface area (Å²) >= 11 is 2.21. The lowest BCUT2D eigenvalue weighted by atomic mass is 9.98. The van der Waals surface area contributed by atoms with Gasteiger partial charge in [-0.3, -0.25) is 4.79 Å². The fourth-order valence-electron chi connectivity index (χ4n) is 3.55. The second-order valence-corrected chi connectivity index (χ2v) is 9.14. The van der Waals surface area contributed by atoms with Crippen LogP contribution in [0.5, 0.6) is 5.75 Å². The van der Waals surface area contributed by atoms with Crippen LogP contribution in [-0.2, 0) is 30.3 Å². The van der Waals surface area contributed by atoms with Crippen LogP contribution >= 0.6 is 22.6 Å². The summed E-state index contributed by atoms with van der Waals surface area (Å²) in [5.74, 6) is 0.135. The SMILES string of the molecule is C=CCO[C@H]1[C@H](O)[C@H](COCc2ccccc2)O[C@@H](Oc2ccc(I)cc2)[C@H]1OC(=O)CCC. The first-order valence-corrected chi connectivity index (χ1v) is 12.4. The van der Waals surface area contributed by atoms with Crippen LogP contribution in [-0.4, -0.2) is 55.0 Å². The number of ether oxygens (including phenoxy) is 5. The van der Waals surface area contributed by atoms with Gasteiger partial charge in [0.25, 0.3) is 0 Å². The Labute approximate surface area is 214 Å². The largest absolute Gasteiger partial charge is 0.461 e. The van der Waals surface area contributed by atoms with Gasteiger partial charge in [0.05, 0.1) is 19.8 Å². The Hall–Kier alpha value is -1.98. The minimum atomic E-state index is -1.10. The molecule has 0 aliphatic carbocycles. The van der Waals surface area contributed by atoms with Crippen molar-refractivity contribution < 1.29 is 33.6 Å². The fourth-order valence-corrected chi connectivity index (χ4v) is 3.91. The minimum absolute atomic E-state index is 0.103. The van der Waals surface area contributed by atoms with Crippen molar-refractivity contribution in [2.75, 3.05) is 13.2 Å². The third kappa shape index (κ3) is 7.78. The predicted octanol–water partition coefficient (Wildman–Crippen LogP) is 4.26. The molecule has 1 aliphatic heterocycles. The number of benzene rings is 2. The zero-order valence-electron chi connectivity index (χ0n) is 19.2. The monoisotopic (exact) mass is 582 g/mol. The second-order valence-electron chi connectivity index (χ2n) is 7.90. The van der Waals surface area contributed by atoms with Gasteiger partial charge in [-0.2, -0.15) is 0 Å². The molecule has 5 atom stereocenters. The van der Waals surface area contributed by atoms with Gasteiger partial charge in [0.15, 0.2) is 6.10 Å². The Bertz CT molecular complexity index is 890. The Kier molecular flexibility index (Phi) is 10.8. The average molecular weight is 582 g/mol. The first kappa shape index (κ1) is 26.6. The number of carbonyl (C=O) groups excluding carboxylic acids is 1. The quantitative estimate of drug-likeness (QED) is 0.228. The standard InChI is InChI=1S/C26H31IO7/c1-3-8-22(28)34-25-24(31-15-4-2)23(29)21(17-30-16-18-9-6-5-7-10-18)33-26(25)32-20-13-11-19(27)12-14-20/h4-7,9-14,21,23-26,29H,2-3,8,15-17H2,1H3/t21-,23+,24-,25-,26+/m0/s1. The van der Waals surface area contributed by atoms with E-state index < -0.39 is 36.7 Å². The van der Waals surface area contributed by atoms with Crippen LogP contribution in [0.15, 0.2) is 67.3 Å². The third-order valence-corrected chi connectivity index (χ3v) is 5.93. The van der Waals surface area contributed by atoms with Crippen molar-refractivity contribution in [3.8, 4) is 5.75 Å². The van der Waals surface area contributed by atoms with E-state index in [0.29, 0.717) is 18.8 Å². The number of carbonyl (C=O) groups is 1. The van der Waals surface area contributed by atoms with Gasteiger partial charge in [0.1, 0.15) is 24.1 Å². The highest BCUT2D eigenvalue weighted by Crippen LogP contribution is 2.29. The molecule has 0 unspecified atom stereocenters. The van der Waals surface area contributed by atoms with Gasteiger partial charge in [0.2, 0.25) is 6.29 Å². The van der Waals surface area contributed by atoms with E-state index in [1.54, 1.807) is 6.08 Å². The number of esters is 1. The lowest BCUT2D eigenvalue weighted by Crippen LogP contribution is -2.62. The number of aliphatic hydroxyl groups excluding tert-OH is 1. The van der Waals surface area contributed by atoms with Gasteiger partial charge in [-0.05, 0) is 58.8 Å². The van der Waals surface area contributed by atoms with Crippen LogP contribution in [0, 0.1) is 3.57 Å². The molecule has 7 nitrogen and oxygen atoms in total. The molecule has 1 heterocycles. The molecular weight excluding hydrogens is 551 g/mol. The fraction of sp³-hybridized carbons (Fsp3) is 0.423. The molecule has 1 saturated heterocycles. The summed E-state index contributed by atoms with van der Waals surface area (Å²) in [6.07, 6.45) is -2.27. The van der Waals surface area contributed by atoms with Gasteiger partial charge < -0.3 is 28.8 Å². The Morgan fingerprint density at radius 3 is 2.56 bits per heavy atom. The number of rotatable bonds is 12. The Balaban J connectivity index is 1.78. The smallest absolute Gasteiger partial charge is 0.306 e. The predicted molar refractivity (Wildman–Crippen MR) is 135 cm³/mol. The normalized spacial score (nSPS) is 24.4. The molecule has 3 rings (SSSR count). The molecule has 0 aromatic heterocycles. The molecule has 34 heavy (non-hydrogen) atoms. The molecule has 2 aromatic carbocycles. The first-order chi connectivity index (χ1) is 16.5. The maximum Gasteiger partial charge on any atom is 0.306 e. The third-order valence-electron chi connectivity index (χ3n) is 5.21. The van der Waals surface area contributed by atoms with E-state index in [9.17, 15) is 9.90 Å². The lowest BCUT2D eigenvalue weighted by Gasteiger charge is -2.43. The van der Waals surface area contributed by atoms with Gasteiger partial charge >= 0.3 is 5.97 Å². The maximum atomic E-state index is 12.4. The van der Waals surface area contributed by atoms with Crippen LogP contribution in [0.25, 0.3) is 0 Å². The number of hydrogen-bond acceptors (Lipinski definition) is 7. The summed E-state index contributed by atoms with van der Waals surface area (Å²) in [4.78, 5) is 12.4. The van der Waals surface area contributed by atoms with Crippen molar-refractivity contribution in [2.45, 2.75) is 57.1 Å².